The maximum absolute atomic E-state index is 11.9. The van der Waals surface area contributed by atoms with Gasteiger partial charge in [0.1, 0.15) is 12.4 Å². The Morgan fingerprint density at radius 1 is 1.15 bits per heavy atom. The van der Waals surface area contributed by atoms with Crippen LogP contribution in [0.25, 0.3) is 0 Å². The Kier molecular flexibility index (Phi) is 7.62. The van der Waals surface area contributed by atoms with Crippen LogP contribution in [0.4, 0.5) is 0 Å². The lowest BCUT2D eigenvalue weighted by atomic mass is 10.1. The van der Waals surface area contributed by atoms with Crippen molar-refractivity contribution in [2.45, 2.75) is 17.7 Å². The number of halogens is 1. The van der Waals surface area contributed by atoms with Gasteiger partial charge in [-0.1, -0.05) is 34.1 Å². The number of carbonyl (C=O) groups is 1. The Bertz CT molecular complexity index is 839. The standard InChI is InChI=1S/C18H21BrN2O4S/c1-20-26(23,24)17-8-5-14(6-9-17)7-10-18(22)21-11-12-25-16-4-2-3-15(19)13-16/h2-6,8-9,13,20H,7,10-12H2,1H3,(H,21,22). The number of aryl methyl sites for hydroxylation is 1. The quantitative estimate of drug-likeness (QED) is 0.586. The van der Waals surface area contributed by atoms with Crippen molar-refractivity contribution in [3.05, 3.63) is 58.6 Å². The minimum atomic E-state index is -3.43. The molecule has 0 atom stereocenters. The lowest BCUT2D eigenvalue weighted by Crippen LogP contribution is -2.28. The predicted octanol–water partition coefficient (Wildman–Crippen LogP) is 2.49. The van der Waals surface area contributed by atoms with Crippen LogP contribution in [0.2, 0.25) is 0 Å². The number of amides is 1. The molecule has 0 aliphatic heterocycles. The second-order valence-electron chi connectivity index (χ2n) is 5.51. The SMILES string of the molecule is CNS(=O)(=O)c1ccc(CCC(=O)NCCOc2cccc(Br)c2)cc1. The van der Waals surface area contributed by atoms with Gasteiger partial charge in [0.15, 0.2) is 0 Å². The summed E-state index contributed by atoms with van der Waals surface area (Å²) in [6, 6.07) is 14.0. The minimum Gasteiger partial charge on any atom is -0.492 e. The zero-order valence-electron chi connectivity index (χ0n) is 14.4. The van der Waals surface area contributed by atoms with Crippen molar-refractivity contribution in [2.75, 3.05) is 20.2 Å². The number of hydrogen-bond acceptors (Lipinski definition) is 4. The summed E-state index contributed by atoms with van der Waals surface area (Å²) in [7, 11) is -2.06. The number of sulfonamides is 1. The van der Waals surface area contributed by atoms with Crippen molar-refractivity contribution in [2.24, 2.45) is 0 Å². The van der Waals surface area contributed by atoms with Gasteiger partial charge in [0.2, 0.25) is 15.9 Å². The maximum Gasteiger partial charge on any atom is 0.240 e. The summed E-state index contributed by atoms with van der Waals surface area (Å²) in [6.45, 7) is 0.809. The minimum absolute atomic E-state index is 0.0743. The predicted molar refractivity (Wildman–Crippen MR) is 104 cm³/mol. The molecule has 0 saturated carbocycles. The Morgan fingerprint density at radius 3 is 2.54 bits per heavy atom. The highest BCUT2D eigenvalue weighted by Crippen LogP contribution is 2.17. The molecule has 0 spiro atoms. The van der Waals surface area contributed by atoms with Crippen molar-refractivity contribution in [3.63, 3.8) is 0 Å². The number of carbonyl (C=O) groups excluding carboxylic acids is 1. The van der Waals surface area contributed by atoms with E-state index in [2.05, 4.69) is 26.0 Å². The molecule has 1 amide bonds. The number of benzene rings is 2. The first-order chi connectivity index (χ1) is 12.4. The average molecular weight is 441 g/mol. The topological polar surface area (TPSA) is 84.5 Å². The maximum atomic E-state index is 11.9. The van der Waals surface area contributed by atoms with E-state index >= 15 is 0 Å². The molecule has 8 heteroatoms. The van der Waals surface area contributed by atoms with Crippen LogP contribution >= 0.6 is 15.9 Å². The van der Waals surface area contributed by atoms with Crippen LogP contribution in [0.1, 0.15) is 12.0 Å². The van der Waals surface area contributed by atoms with Gasteiger partial charge in [-0.15, -0.1) is 0 Å². The zero-order valence-corrected chi connectivity index (χ0v) is 16.8. The van der Waals surface area contributed by atoms with E-state index in [-0.39, 0.29) is 10.8 Å². The van der Waals surface area contributed by atoms with Crippen molar-refractivity contribution >= 4 is 31.9 Å². The molecule has 0 aliphatic rings. The van der Waals surface area contributed by atoms with Crippen molar-refractivity contribution in [1.29, 1.82) is 0 Å². The fraction of sp³-hybridized carbons (Fsp3) is 0.278. The van der Waals surface area contributed by atoms with Crippen LogP contribution in [0.3, 0.4) is 0 Å². The van der Waals surface area contributed by atoms with E-state index in [4.69, 9.17) is 4.74 Å². The zero-order chi connectivity index (χ0) is 19.0. The third kappa shape index (κ3) is 6.44. The molecule has 0 unspecified atom stereocenters. The van der Waals surface area contributed by atoms with Crippen LogP contribution in [0.5, 0.6) is 5.75 Å². The van der Waals surface area contributed by atoms with E-state index in [0.717, 1.165) is 15.8 Å². The van der Waals surface area contributed by atoms with Crippen molar-refractivity contribution in [1.82, 2.24) is 10.0 Å². The summed E-state index contributed by atoms with van der Waals surface area (Å²) in [5, 5.41) is 2.80. The van der Waals surface area contributed by atoms with Gasteiger partial charge in [-0.3, -0.25) is 4.79 Å². The molecule has 0 heterocycles. The molecule has 0 aliphatic carbocycles. The molecule has 2 N–H and O–H groups in total. The molecular weight excluding hydrogens is 420 g/mol. The number of hydrogen-bond donors (Lipinski definition) is 2. The highest BCUT2D eigenvalue weighted by molar-refractivity contribution is 9.10. The molecule has 2 rings (SSSR count). The largest absolute Gasteiger partial charge is 0.492 e. The molecule has 0 radical (unpaired) electrons. The molecule has 2 aromatic rings. The van der Waals surface area contributed by atoms with Gasteiger partial charge in [0.05, 0.1) is 11.4 Å². The Labute approximate surface area is 162 Å². The Morgan fingerprint density at radius 2 is 1.88 bits per heavy atom. The van der Waals surface area contributed by atoms with Gasteiger partial charge >= 0.3 is 0 Å². The number of rotatable bonds is 9. The molecule has 0 aromatic heterocycles. The van der Waals surface area contributed by atoms with E-state index in [0.29, 0.717) is 26.0 Å². The Balaban J connectivity index is 1.70. The average Bonchev–Trinajstić information content (AvgIpc) is 2.64. The van der Waals surface area contributed by atoms with Crippen molar-refractivity contribution in [3.8, 4) is 5.75 Å². The smallest absolute Gasteiger partial charge is 0.240 e. The third-order valence-electron chi connectivity index (χ3n) is 3.63. The third-order valence-corrected chi connectivity index (χ3v) is 5.56. The molecular formula is C18H21BrN2O4S. The van der Waals surface area contributed by atoms with Crippen LogP contribution < -0.4 is 14.8 Å². The summed E-state index contributed by atoms with van der Waals surface area (Å²) >= 11 is 3.37. The van der Waals surface area contributed by atoms with Gasteiger partial charge in [-0.25, -0.2) is 13.1 Å². The van der Waals surface area contributed by atoms with Gasteiger partial charge < -0.3 is 10.1 Å². The molecule has 26 heavy (non-hydrogen) atoms. The van der Waals surface area contributed by atoms with Gasteiger partial charge in [-0.2, -0.15) is 0 Å². The monoisotopic (exact) mass is 440 g/mol. The summed E-state index contributed by atoms with van der Waals surface area (Å²) in [5.41, 5.74) is 0.903. The fourth-order valence-corrected chi connectivity index (χ4v) is 3.32. The normalized spacial score (nSPS) is 11.2. The molecule has 2 aromatic carbocycles. The second kappa shape index (κ2) is 9.70. The van der Waals surface area contributed by atoms with E-state index in [9.17, 15) is 13.2 Å². The first kappa shape index (κ1) is 20.4. The summed E-state index contributed by atoms with van der Waals surface area (Å²) in [6.07, 6.45) is 0.868. The van der Waals surface area contributed by atoms with E-state index in [1.165, 1.54) is 19.2 Å². The molecule has 0 saturated heterocycles. The lowest BCUT2D eigenvalue weighted by molar-refractivity contribution is -0.121. The van der Waals surface area contributed by atoms with Gasteiger partial charge in [0.25, 0.3) is 0 Å². The van der Waals surface area contributed by atoms with Crippen LogP contribution in [-0.2, 0) is 21.2 Å². The van der Waals surface area contributed by atoms with Crippen LogP contribution in [-0.4, -0.2) is 34.5 Å². The number of ether oxygens (including phenoxy) is 1. The number of nitrogens with one attached hydrogen (secondary N) is 2. The highest BCUT2D eigenvalue weighted by Gasteiger charge is 2.10. The second-order valence-corrected chi connectivity index (χ2v) is 8.31. The van der Waals surface area contributed by atoms with Gasteiger partial charge in [0, 0.05) is 10.9 Å². The lowest BCUT2D eigenvalue weighted by Gasteiger charge is -2.08. The van der Waals surface area contributed by atoms with Crippen LogP contribution in [0.15, 0.2) is 57.9 Å². The summed E-state index contributed by atoms with van der Waals surface area (Å²) in [5.74, 6) is 0.667. The first-order valence-corrected chi connectivity index (χ1v) is 10.4. The van der Waals surface area contributed by atoms with Crippen LogP contribution in [0, 0.1) is 0 Å². The van der Waals surface area contributed by atoms with E-state index in [1.807, 2.05) is 24.3 Å². The fourth-order valence-electron chi connectivity index (χ4n) is 2.22. The van der Waals surface area contributed by atoms with Crippen molar-refractivity contribution < 1.29 is 17.9 Å². The first-order valence-electron chi connectivity index (χ1n) is 8.08. The molecule has 6 nitrogen and oxygen atoms in total. The molecule has 140 valence electrons. The molecule has 0 fully saturated rings. The molecule has 0 bridgehead atoms. The summed E-state index contributed by atoms with van der Waals surface area (Å²) in [4.78, 5) is 12.1. The Hall–Kier alpha value is -1.90. The highest BCUT2D eigenvalue weighted by atomic mass is 79.9. The summed E-state index contributed by atoms with van der Waals surface area (Å²) < 4.78 is 32.1. The van der Waals surface area contributed by atoms with Gasteiger partial charge in [-0.05, 0) is 49.4 Å². The van der Waals surface area contributed by atoms with E-state index in [1.54, 1.807) is 12.1 Å². The van der Waals surface area contributed by atoms with E-state index < -0.39 is 10.0 Å².